The van der Waals surface area contributed by atoms with Crippen LogP contribution in [0.4, 0.5) is 0 Å². The van der Waals surface area contributed by atoms with Gasteiger partial charge in [-0.25, -0.2) is 0 Å². The van der Waals surface area contributed by atoms with Crippen LogP contribution in [0.5, 0.6) is 0 Å². The van der Waals surface area contributed by atoms with E-state index in [1.165, 1.54) is 5.39 Å². The third kappa shape index (κ3) is 1.31. The molecule has 0 fully saturated rings. The Morgan fingerprint density at radius 1 is 1.07 bits per heavy atom. The van der Waals surface area contributed by atoms with Gasteiger partial charge in [-0.3, -0.25) is 4.98 Å². The third-order valence-corrected chi connectivity index (χ3v) is 2.52. The molecule has 2 aromatic heterocycles. The molecule has 0 saturated carbocycles. The molecule has 0 aliphatic carbocycles. The van der Waals surface area contributed by atoms with Gasteiger partial charge in [-0.15, -0.1) is 0 Å². The van der Waals surface area contributed by atoms with Crippen LogP contribution in [0, 0.1) is 0 Å². The second kappa shape index (κ2) is 3.24. The lowest BCUT2D eigenvalue weighted by molar-refractivity contribution is 0.568. The Hall–Kier alpha value is -2.09. The average Bonchev–Trinajstić information content (AvgIpc) is 2.82. The Morgan fingerprint density at radius 3 is 2.93 bits per heavy atom. The molecular weight excluding hydrogens is 186 g/mol. The smallest absolute Gasteiger partial charge is 0.0981 e. The van der Waals surface area contributed by atoms with Gasteiger partial charge < -0.3 is 4.42 Å². The summed E-state index contributed by atoms with van der Waals surface area (Å²) in [5, 5.41) is 2.35. The molecule has 0 bridgehead atoms. The number of benzene rings is 1. The van der Waals surface area contributed by atoms with Crippen molar-refractivity contribution < 1.29 is 4.42 Å². The van der Waals surface area contributed by atoms with Crippen molar-refractivity contribution in [2.24, 2.45) is 0 Å². The van der Waals surface area contributed by atoms with Crippen LogP contribution in [0.25, 0.3) is 21.9 Å². The van der Waals surface area contributed by atoms with Crippen LogP contribution < -0.4 is 0 Å². The molecule has 2 heterocycles. The lowest BCUT2D eigenvalue weighted by atomic mass is 10.0. The van der Waals surface area contributed by atoms with Crippen LogP contribution in [0.2, 0.25) is 0 Å². The molecule has 0 radical (unpaired) electrons. The largest absolute Gasteiger partial charge is 0.472 e. The van der Waals surface area contributed by atoms with Crippen LogP contribution in [0.1, 0.15) is 0 Å². The van der Waals surface area contributed by atoms with Gasteiger partial charge in [0.15, 0.2) is 0 Å². The predicted octanol–water partition coefficient (Wildman–Crippen LogP) is 3.49. The number of nitrogens with zero attached hydrogens (tertiary/aromatic N) is 1. The highest BCUT2D eigenvalue weighted by Crippen LogP contribution is 2.27. The zero-order valence-electron chi connectivity index (χ0n) is 8.05. The number of furan rings is 1. The molecule has 2 nitrogen and oxygen atoms in total. The van der Waals surface area contributed by atoms with E-state index in [1.807, 2.05) is 30.6 Å². The monoisotopic (exact) mass is 195 g/mol. The van der Waals surface area contributed by atoms with E-state index in [0.717, 1.165) is 16.5 Å². The van der Waals surface area contributed by atoms with E-state index < -0.39 is 0 Å². The highest BCUT2D eigenvalue weighted by molar-refractivity contribution is 5.95. The van der Waals surface area contributed by atoms with E-state index in [9.17, 15) is 0 Å². The fourth-order valence-corrected chi connectivity index (χ4v) is 1.78. The van der Waals surface area contributed by atoms with Gasteiger partial charge >= 0.3 is 0 Å². The minimum Gasteiger partial charge on any atom is -0.472 e. The SMILES string of the molecule is c1cc(-c2ccoc2)c2cnccc2c1. The first-order chi connectivity index (χ1) is 7.45. The summed E-state index contributed by atoms with van der Waals surface area (Å²) in [6.07, 6.45) is 7.13. The molecule has 1 aromatic carbocycles. The van der Waals surface area contributed by atoms with Crippen LogP contribution in [-0.4, -0.2) is 4.98 Å². The second-order valence-electron chi connectivity index (χ2n) is 3.41. The van der Waals surface area contributed by atoms with Crippen LogP contribution in [0.3, 0.4) is 0 Å². The standard InChI is InChI=1S/C13H9NO/c1-2-10-4-6-14-8-13(10)12(3-1)11-5-7-15-9-11/h1-9H. The van der Waals surface area contributed by atoms with Gasteiger partial charge in [0.05, 0.1) is 12.5 Å². The zero-order chi connectivity index (χ0) is 10.1. The van der Waals surface area contributed by atoms with Crippen molar-refractivity contribution in [1.82, 2.24) is 4.98 Å². The fourth-order valence-electron chi connectivity index (χ4n) is 1.78. The lowest BCUT2D eigenvalue weighted by Crippen LogP contribution is -1.79. The summed E-state index contributed by atoms with van der Waals surface area (Å²) in [5.74, 6) is 0. The average molecular weight is 195 g/mol. The first-order valence-electron chi connectivity index (χ1n) is 4.80. The summed E-state index contributed by atoms with van der Waals surface area (Å²) < 4.78 is 5.10. The highest BCUT2D eigenvalue weighted by atomic mass is 16.3. The zero-order valence-corrected chi connectivity index (χ0v) is 8.05. The van der Waals surface area contributed by atoms with E-state index in [-0.39, 0.29) is 0 Å². The number of fused-ring (bicyclic) bond motifs is 1. The molecule has 0 aliphatic heterocycles. The summed E-state index contributed by atoms with van der Waals surface area (Å²) in [6.45, 7) is 0. The topological polar surface area (TPSA) is 26.0 Å². The molecule has 15 heavy (non-hydrogen) atoms. The summed E-state index contributed by atoms with van der Waals surface area (Å²) in [4.78, 5) is 4.15. The Morgan fingerprint density at radius 2 is 2.07 bits per heavy atom. The fraction of sp³-hybridized carbons (Fsp3) is 0. The number of hydrogen-bond donors (Lipinski definition) is 0. The molecule has 0 aliphatic rings. The Labute approximate surface area is 87.2 Å². The number of rotatable bonds is 1. The van der Waals surface area contributed by atoms with Crippen molar-refractivity contribution in [1.29, 1.82) is 0 Å². The quantitative estimate of drug-likeness (QED) is 0.594. The molecule has 0 N–H and O–H groups in total. The highest BCUT2D eigenvalue weighted by Gasteiger charge is 2.03. The molecule has 0 unspecified atom stereocenters. The van der Waals surface area contributed by atoms with E-state index in [4.69, 9.17) is 4.42 Å². The van der Waals surface area contributed by atoms with Crippen LogP contribution >= 0.6 is 0 Å². The summed E-state index contributed by atoms with van der Waals surface area (Å²) in [7, 11) is 0. The molecule has 3 aromatic rings. The van der Waals surface area contributed by atoms with Crippen LogP contribution in [0.15, 0.2) is 59.7 Å². The number of hydrogen-bond acceptors (Lipinski definition) is 2. The molecule has 0 saturated heterocycles. The maximum Gasteiger partial charge on any atom is 0.0981 e. The first-order valence-corrected chi connectivity index (χ1v) is 4.80. The van der Waals surface area contributed by atoms with Crippen molar-refractivity contribution in [3.05, 3.63) is 55.3 Å². The number of aromatic nitrogens is 1. The molecule has 0 spiro atoms. The van der Waals surface area contributed by atoms with Crippen LogP contribution in [-0.2, 0) is 0 Å². The molecule has 3 rings (SSSR count). The first kappa shape index (κ1) is 8.24. The van der Waals surface area contributed by atoms with Gasteiger partial charge in [0.2, 0.25) is 0 Å². The Kier molecular flexibility index (Phi) is 1.78. The second-order valence-corrected chi connectivity index (χ2v) is 3.41. The molecular formula is C13H9NO. The molecule has 2 heteroatoms. The van der Waals surface area contributed by atoms with Crippen molar-refractivity contribution in [2.75, 3.05) is 0 Å². The van der Waals surface area contributed by atoms with E-state index >= 15 is 0 Å². The van der Waals surface area contributed by atoms with Gasteiger partial charge in [0.1, 0.15) is 0 Å². The van der Waals surface area contributed by atoms with Gasteiger partial charge in [-0.05, 0) is 23.1 Å². The maximum absolute atomic E-state index is 5.10. The van der Waals surface area contributed by atoms with E-state index in [0.29, 0.717) is 0 Å². The molecule has 0 amide bonds. The summed E-state index contributed by atoms with van der Waals surface area (Å²) in [6, 6.07) is 10.2. The van der Waals surface area contributed by atoms with Gasteiger partial charge in [-0.2, -0.15) is 0 Å². The maximum atomic E-state index is 5.10. The van der Waals surface area contributed by atoms with Gasteiger partial charge in [-0.1, -0.05) is 18.2 Å². The molecule has 0 atom stereocenters. The normalized spacial score (nSPS) is 10.7. The van der Waals surface area contributed by atoms with E-state index in [1.54, 1.807) is 12.5 Å². The van der Waals surface area contributed by atoms with Gasteiger partial charge in [0, 0.05) is 23.3 Å². The number of pyridine rings is 1. The molecule has 72 valence electrons. The minimum atomic E-state index is 1.09. The predicted molar refractivity (Wildman–Crippen MR) is 59.4 cm³/mol. The van der Waals surface area contributed by atoms with E-state index in [2.05, 4.69) is 17.1 Å². The van der Waals surface area contributed by atoms with Crippen molar-refractivity contribution in [2.45, 2.75) is 0 Å². The van der Waals surface area contributed by atoms with Crippen molar-refractivity contribution >= 4 is 10.8 Å². The summed E-state index contributed by atoms with van der Waals surface area (Å²) >= 11 is 0. The van der Waals surface area contributed by atoms with Crippen molar-refractivity contribution in [3.8, 4) is 11.1 Å². The van der Waals surface area contributed by atoms with Gasteiger partial charge in [0.25, 0.3) is 0 Å². The van der Waals surface area contributed by atoms with Crippen molar-refractivity contribution in [3.63, 3.8) is 0 Å². The minimum absolute atomic E-state index is 1.09. The third-order valence-electron chi connectivity index (χ3n) is 2.52. The lowest BCUT2D eigenvalue weighted by Gasteiger charge is -2.02. The summed E-state index contributed by atoms with van der Waals surface area (Å²) in [5.41, 5.74) is 2.25. The Bertz CT molecular complexity index is 579. The Balaban J connectivity index is 2.36.